The molecule has 0 bridgehead atoms. The lowest BCUT2D eigenvalue weighted by molar-refractivity contribution is 0.624. The lowest BCUT2D eigenvalue weighted by atomic mass is 10.3. The van der Waals surface area contributed by atoms with E-state index in [1.807, 2.05) is 18.2 Å². The first-order chi connectivity index (χ1) is 9.15. The Kier molecular flexibility index (Phi) is 4.45. The second kappa shape index (κ2) is 6.08. The van der Waals surface area contributed by atoms with E-state index >= 15 is 0 Å². The molecule has 2 nitrogen and oxygen atoms in total. The molecule has 5 heteroatoms. The predicted molar refractivity (Wildman–Crippen MR) is 81.0 cm³/mol. The van der Waals surface area contributed by atoms with Crippen LogP contribution in [0.3, 0.4) is 0 Å². The molecule has 19 heavy (non-hydrogen) atoms. The Balaban J connectivity index is 2.51. The standard InChI is InChI=1S/C14H12ClFN2S/c1-3-19-10(2)14-12(16)9-17-18(14)13-8-6-4-5-7-11(13)15/h3-4,6-9H,1-2,5H2. The second-order valence-electron chi connectivity index (χ2n) is 3.73. The Hall–Kier alpha value is -1.52. The third-order valence-electron chi connectivity index (χ3n) is 2.51. The predicted octanol–water partition coefficient (Wildman–Crippen LogP) is 4.79. The van der Waals surface area contributed by atoms with Gasteiger partial charge in [-0.2, -0.15) is 5.10 Å². The average molecular weight is 295 g/mol. The van der Waals surface area contributed by atoms with Gasteiger partial charge in [-0.3, -0.25) is 0 Å². The highest BCUT2D eigenvalue weighted by atomic mass is 35.5. The van der Waals surface area contributed by atoms with Gasteiger partial charge in [0.15, 0.2) is 5.82 Å². The van der Waals surface area contributed by atoms with Crippen molar-refractivity contribution in [1.29, 1.82) is 0 Å². The third kappa shape index (κ3) is 2.91. The van der Waals surface area contributed by atoms with E-state index in [1.54, 1.807) is 11.5 Å². The highest BCUT2D eigenvalue weighted by Crippen LogP contribution is 2.32. The Morgan fingerprint density at radius 1 is 1.58 bits per heavy atom. The minimum atomic E-state index is -0.432. The maximum atomic E-state index is 13.9. The zero-order chi connectivity index (χ0) is 13.8. The minimum absolute atomic E-state index is 0.304. The van der Waals surface area contributed by atoms with E-state index in [1.165, 1.54) is 16.4 Å². The molecule has 0 N–H and O–H groups in total. The van der Waals surface area contributed by atoms with Crippen molar-refractivity contribution in [2.24, 2.45) is 0 Å². The van der Waals surface area contributed by atoms with Gasteiger partial charge in [-0.05, 0) is 17.9 Å². The Morgan fingerprint density at radius 2 is 2.37 bits per heavy atom. The number of rotatable bonds is 4. The molecular weight excluding hydrogens is 283 g/mol. The number of hydrogen-bond donors (Lipinski definition) is 0. The molecule has 0 saturated heterocycles. The first-order valence-electron chi connectivity index (χ1n) is 5.58. The molecule has 1 aromatic rings. The molecule has 0 atom stereocenters. The number of allylic oxidation sites excluding steroid dienone is 6. The molecule has 0 amide bonds. The molecule has 0 aromatic carbocycles. The summed E-state index contributed by atoms with van der Waals surface area (Å²) in [6.45, 7) is 7.43. The summed E-state index contributed by atoms with van der Waals surface area (Å²) in [6, 6.07) is 0. The van der Waals surface area contributed by atoms with Gasteiger partial charge in [-0.1, -0.05) is 54.7 Å². The molecule has 0 spiro atoms. The molecule has 0 radical (unpaired) electrons. The van der Waals surface area contributed by atoms with Crippen molar-refractivity contribution < 1.29 is 4.39 Å². The number of thioether (sulfide) groups is 1. The van der Waals surface area contributed by atoms with Gasteiger partial charge in [-0.25, -0.2) is 9.07 Å². The van der Waals surface area contributed by atoms with Gasteiger partial charge in [-0.15, -0.1) is 0 Å². The van der Waals surface area contributed by atoms with Crippen LogP contribution in [-0.4, -0.2) is 9.78 Å². The van der Waals surface area contributed by atoms with E-state index in [2.05, 4.69) is 18.3 Å². The lowest BCUT2D eigenvalue weighted by Gasteiger charge is -2.11. The molecule has 1 aliphatic carbocycles. The van der Waals surface area contributed by atoms with Gasteiger partial charge < -0.3 is 0 Å². The number of halogens is 2. The van der Waals surface area contributed by atoms with Gasteiger partial charge in [0.05, 0.1) is 16.9 Å². The Morgan fingerprint density at radius 3 is 3.11 bits per heavy atom. The molecular formula is C14H12ClFN2S. The maximum absolute atomic E-state index is 13.9. The SMILES string of the molecule is C=CSC(=C)c1c(F)cnn1C1=CC=CCC=C1Cl. The third-order valence-corrected chi connectivity index (χ3v) is 3.50. The molecule has 1 heterocycles. The molecule has 0 aliphatic heterocycles. The van der Waals surface area contributed by atoms with Gasteiger partial charge >= 0.3 is 0 Å². The first kappa shape index (κ1) is 13.9. The molecule has 1 aromatic heterocycles. The summed E-state index contributed by atoms with van der Waals surface area (Å²) in [5, 5.41) is 6.17. The smallest absolute Gasteiger partial charge is 0.170 e. The highest BCUT2D eigenvalue weighted by Gasteiger charge is 2.18. The fraction of sp³-hybridized carbons (Fsp3) is 0.0714. The first-order valence-corrected chi connectivity index (χ1v) is 6.84. The zero-order valence-corrected chi connectivity index (χ0v) is 11.7. The van der Waals surface area contributed by atoms with Gasteiger partial charge in [0.1, 0.15) is 5.69 Å². The quantitative estimate of drug-likeness (QED) is 0.794. The van der Waals surface area contributed by atoms with E-state index in [9.17, 15) is 4.39 Å². The van der Waals surface area contributed by atoms with Crippen LogP contribution in [0.1, 0.15) is 12.1 Å². The van der Waals surface area contributed by atoms with E-state index in [-0.39, 0.29) is 0 Å². The molecule has 0 unspecified atom stereocenters. The topological polar surface area (TPSA) is 17.8 Å². The normalized spacial score (nSPS) is 14.6. The number of nitrogens with zero attached hydrogens (tertiary/aromatic N) is 2. The van der Waals surface area contributed by atoms with Gasteiger partial charge in [0, 0.05) is 4.91 Å². The van der Waals surface area contributed by atoms with Crippen LogP contribution in [-0.2, 0) is 0 Å². The van der Waals surface area contributed by atoms with Crippen molar-refractivity contribution in [3.63, 3.8) is 0 Å². The van der Waals surface area contributed by atoms with Crippen LogP contribution in [0.5, 0.6) is 0 Å². The van der Waals surface area contributed by atoms with Crippen LogP contribution in [0.15, 0.2) is 54.1 Å². The second-order valence-corrected chi connectivity index (χ2v) is 5.20. The molecule has 0 saturated carbocycles. The zero-order valence-electron chi connectivity index (χ0n) is 10.1. The maximum Gasteiger partial charge on any atom is 0.170 e. The van der Waals surface area contributed by atoms with Crippen LogP contribution in [0.25, 0.3) is 10.6 Å². The summed E-state index contributed by atoms with van der Waals surface area (Å²) < 4.78 is 15.3. The van der Waals surface area contributed by atoms with Crippen LogP contribution >= 0.6 is 23.4 Å². The fourth-order valence-electron chi connectivity index (χ4n) is 1.68. The summed E-state index contributed by atoms with van der Waals surface area (Å²) >= 11 is 7.45. The Labute approximate surface area is 120 Å². The molecule has 1 aliphatic rings. The summed E-state index contributed by atoms with van der Waals surface area (Å²) in [4.78, 5) is 0.531. The van der Waals surface area contributed by atoms with Crippen molar-refractivity contribution in [3.8, 4) is 0 Å². The van der Waals surface area contributed by atoms with E-state index in [4.69, 9.17) is 11.6 Å². The van der Waals surface area contributed by atoms with E-state index in [0.29, 0.717) is 21.3 Å². The fourth-order valence-corrected chi connectivity index (χ4v) is 2.41. The van der Waals surface area contributed by atoms with Crippen molar-refractivity contribution >= 4 is 34.0 Å². The van der Waals surface area contributed by atoms with Gasteiger partial charge in [0.25, 0.3) is 0 Å². The Bertz CT molecular complexity index is 611. The van der Waals surface area contributed by atoms with Gasteiger partial charge in [0.2, 0.25) is 0 Å². The summed E-state index contributed by atoms with van der Waals surface area (Å²) in [6.07, 6.45) is 9.37. The van der Waals surface area contributed by atoms with Crippen molar-refractivity contribution in [3.05, 3.63) is 65.6 Å². The van der Waals surface area contributed by atoms with E-state index in [0.717, 1.165) is 12.6 Å². The molecule has 2 rings (SSSR count). The average Bonchev–Trinajstić information content (AvgIpc) is 2.62. The van der Waals surface area contributed by atoms with Crippen LogP contribution < -0.4 is 0 Å². The summed E-state index contributed by atoms with van der Waals surface area (Å²) in [5.41, 5.74) is 0.929. The summed E-state index contributed by atoms with van der Waals surface area (Å²) in [5.74, 6) is -0.432. The van der Waals surface area contributed by atoms with Crippen molar-refractivity contribution in [2.45, 2.75) is 6.42 Å². The largest absolute Gasteiger partial charge is 0.228 e. The van der Waals surface area contributed by atoms with Crippen LogP contribution in [0, 0.1) is 5.82 Å². The number of aromatic nitrogens is 2. The molecule has 98 valence electrons. The van der Waals surface area contributed by atoms with Crippen LogP contribution in [0.2, 0.25) is 0 Å². The lowest BCUT2D eigenvalue weighted by Crippen LogP contribution is -2.04. The van der Waals surface area contributed by atoms with Crippen LogP contribution in [0.4, 0.5) is 4.39 Å². The monoisotopic (exact) mass is 294 g/mol. The van der Waals surface area contributed by atoms with E-state index < -0.39 is 5.82 Å². The van der Waals surface area contributed by atoms with Crippen molar-refractivity contribution in [1.82, 2.24) is 9.78 Å². The highest BCUT2D eigenvalue weighted by molar-refractivity contribution is 8.10. The van der Waals surface area contributed by atoms with Crippen molar-refractivity contribution in [2.75, 3.05) is 0 Å². The molecule has 0 fully saturated rings. The number of hydrogen-bond acceptors (Lipinski definition) is 2. The minimum Gasteiger partial charge on any atom is -0.228 e. The summed E-state index contributed by atoms with van der Waals surface area (Å²) in [7, 11) is 0.